The van der Waals surface area contributed by atoms with E-state index < -0.39 is 0 Å². The van der Waals surface area contributed by atoms with E-state index in [4.69, 9.17) is 15.2 Å². The molecule has 19 heavy (non-hydrogen) atoms. The van der Waals surface area contributed by atoms with Gasteiger partial charge in [-0.1, -0.05) is 0 Å². The minimum atomic E-state index is -0.366. The second-order valence-electron chi connectivity index (χ2n) is 4.65. The van der Waals surface area contributed by atoms with E-state index in [2.05, 4.69) is 0 Å². The zero-order chi connectivity index (χ0) is 14.1. The third kappa shape index (κ3) is 6.12. The van der Waals surface area contributed by atoms with Gasteiger partial charge in [0.1, 0.15) is 0 Å². The van der Waals surface area contributed by atoms with Gasteiger partial charge in [-0.05, 0) is 31.8 Å². The first-order valence-electron chi connectivity index (χ1n) is 6.91. The summed E-state index contributed by atoms with van der Waals surface area (Å²) in [5, 5.41) is 0. The summed E-state index contributed by atoms with van der Waals surface area (Å²) in [6.07, 6.45) is 3.80. The summed E-state index contributed by atoms with van der Waals surface area (Å²) in [6, 6.07) is -0.366. The third-order valence-corrected chi connectivity index (χ3v) is 3.84. The molecule has 0 aromatic carbocycles. The van der Waals surface area contributed by atoms with Crippen LogP contribution < -0.4 is 5.73 Å². The van der Waals surface area contributed by atoms with Crippen LogP contribution in [0, 0.1) is 0 Å². The number of rotatable bonds is 9. The van der Waals surface area contributed by atoms with E-state index in [9.17, 15) is 4.79 Å². The Hall–Kier alpha value is -0.300. The maximum atomic E-state index is 12.1. The highest BCUT2D eigenvalue weighted by atomic mass is 32.2. The van der Waals surface area contributed by atoms with E-state index >= 15 is 0 Å². The van der Waals surface area contributed by atoms with Crippen molar-refractivity contribution in [1.82, 2.24) is 4.90 Å². The van der Waals surface area contributed by atoms with Crippen molar-refractivity contribution in [3.05, 3.63) is 0 Å². The minimum Gasteiger partial charge on any atom is -0.379 e. The average molecular weight is 290 g/mol. The largest absolute Gasteiger partial charge is 0.379 e. The van der Waals surface area contributed by atoms with Crippen LogP contribution in [0.4, 0.5) is 0 Å². The smallest absolute Gasteiger partial charge is 0.239 e. The van der Waals surface area contributed by atoms with Crippen LogP contribution in [0.1, 0.15) is 19.8 Å². The number of thioether (sulfide) groups is 1. The van der Waals surface area contributed by atoms with E-state index in [-0.39, 0.29) is 18.1 Å². The average Bonchev–Trinajstić information content (AvgIpc) is 2.89. The summed E-state index contributed by atoms with van der Waals surface area (Å²) in [5.41, 5.74) is 5.90. The van der Waals surface area contributed by atoms with Gasteiger partial charge in [0, 0.05) is 19.7 Å². The van der Waals surface area contributed by atoms with Gasteiger partial charge in [0.05, 0.1) is 25.4 Å². The first-order valence-corrected chi connectivity index (χ1v) is 8.31. The molecule has 1 amide bonds. The molecule has 0 bridgehead atoms. The van der Waals surface area contributed by atoms with Gasteiger partial charge in [-0.3, -0.25) is 4.79 Å². The van der Waals surface area contributed by atoms with Gasteiger partial charge in [0.25, 0.3) is 0 Å². The van der Waals surface area contributed by atoms with Gasteiger partial charge < -0.3 is 20.1 Å². The lowest BCUT2D eigenvalue weighted by Crippen LogP contribution is -2.43. The van der Waals surface area contributed by atoms with Crippen LogP contribution in [0.3, 0.4) is 0 Å². The van der Waals surface area contributed by atoms with Crippen LogP contribution in [0.25, 0.3) is 0 Å². The molecule has 0 aromatic rings. The Morgan fingerprint density at radius 2 is 2.32 bits per heavy atom. The molecular weight excluding hydrogens is 264 g/mol. The normalized spacial score (nSPS) is 20.8. The Labute approximate surface area is 120 Å². The van der Waals surface area contributed by atoms with Crippen molar-refractivity contribution < 1.29 is 14.3 Å². The predicted octanol–water partition coefficient (Wildman–Crippen LogP) is 0.721. The van der Waals surface area contributed by atoms with E-state index in [1.165, 1.54) is 0 Å². The molecule has 1 aliphatic rings. The molecule has 1 fully saturated rings. The number of nitrogens with zero attached hydrogens (tertiary/aromatic N) is 1. The Morgan fingerprint density at radius 3 is 3.00 bits per heavy atom. The fourth-order valence-corrected chi connectivity index (χ4v) is 2.57. The number of hydrogen-bond acceptors (Lipinski definition) is 5. The lowest BCUT2D eigenvalue weighted by molar-refractivity contribution is -0.132. The van der Waals surface area contributed by atoms with Gasteiger partial charge in [0.2, 0.25) is 5.91 Å². The molecule has 0 spiro atoms. The van der Waals surface area contributed by atoms with Crippen LogP contribution in [0.15, 0.2) is 0 Å². The molecule has 0 aliphatic carbocycles. The first kappa shape index (κ1) is 16.8. The maximum Gasteiger partial charge on any atom is 0.239 e. The van der Waals surface area contributed by atoms with E-state index in [1.807, 2.05) is 18.1 Å². The molecule has 2 N–H and O–H groups in total. The number of amides is 1. The number of likely N-dealkylation sites (tertiary alicyclic amines) is 1. The predicted molar refractivity (Wildman–Crippen MR) is 78.4 cm³/mol. The van der Waals surface area contributed by atoms with Crippen LogP contribution >= 0.6 is 11.8 Å². The first-order chi connectivity index (χ1) is 9.19. The highest BCUT2D eigenvalue weighted by molar-refractivity contribution is 7.98. The van der Waals surface area contributed by atoms with Gasteiger partial charge in [-0.15, -0.1) is 0 Å². The van der Waals surface area contributed by atoms with E-state index in [1.54, 1.807) is 11.8 Å². The monoisotopic (exact) mass is 290 g/mol. The topological polar surface area (TPSA) is 64.8 Å². The number of hydrogen-bond donors (Lipinski definition) is 1. The van der Waals surface area contributed by atoms with Gasteiger partial charge in [-0.25, -0.2) is 0 Å². The van der Waals surface area contributed by atoms with Gasteiger partial charge in [0.15, 0.2) is 0 Å². The lowest BCUT2D eigenvalue weighted by Gasteiger charge is -2.20. The Balaban J connectivity index is 2.21. The Kier molecular flexibility index (Phi) is 8.45. The van der Waals surface area contributed by atoms with Gasteiger partial charge in [-0.2, -0.15) is 11.8 Å². The van der Waals surface area contributed by atoms with E-state index in [0.717, 1.165) is 25.1 Å². The van der Waals surface area contributed by atoms with Crippen molar-refractivity contribution in [2.45, 2.75) is 31.9 Å². The molecule has 0 saturated carbocycles. The van der Waals surface area contributed by atoms with Crippen molar-refractivity contribution in [1.29, 1.82) is 0 Å². The number of ether oxygens (including phenoxy) is 2. The Bertz CT molecular complexity index is 266. The van der Waals surface area contributed by atoms with Crippen molar-refractivity contribution in [2.75, 3.05) is 44.9 Å². The summed E-state index contributed by atoms with van der Waals surface area (Å²) in [7, 11) is 0. The fraction of sp³-hybridized carbons (Fsp3) is 0.923. The molecule has 1 saturated heterocycles. The number of carbonyl (C=O) groups is 1. The van der Waals surface area contributed by atoms with Crippen LogP contribution in [0.2, 0.25) is 0 Å². The highest BCUT2D eigenvalue weighted by Crippen LogP contribution is 2.14. The summed E-state index contributed by atoms with van der Waals surface area (Å²) in [5.74, 6) is 0.986. The molecule has 1 heterocycles. The highest BCUT2D eigenvalue weighted by Gasteiger charge is 2.29. The third-order valence-electron chi connectivity index (χ3n) is 3.19. The second-order valence-corrected chi connectivity index (χ2v) is 5.64. The molecule has 6 heteroatoms. The molecule has 5 nitrogen and oxygen atoms in total. The molecule has 1 rings (SSSR count). The fourth-order valence-electron chi connectivity index (χ4n) is 2.09. The van der Waals surface area contributed by atoms with Gasteiger partial charge >= 0.3 is 0 Å². The van der Waals surface area contributed by atoms with Crippen molar-refractivity contribution in [3.63, 3.8) is 0 Å². The molecule has 112 valence electrons. The molecule has 1 unspecified atom stereocenters. The lowest BCUT2D eigenvalue weighted by atomic mass is 10.2. The quantitative estimate of drug-likeness (QED) is 0.634. The maximum absolute atomic E-state index is 12.1. The molecule has 2 atom stereocenters. The summed E-state index contributed by atoms with van der Waals surface area (Å²) >= 11 is 1.72. The van der Waals surface area contributed by atoms with E-state index in [0.29, 0.717) is 26.4 Å². The second kappa shape index (κ2) is 9.58. The molecule has 0 radical (unpaired) electrons. The summed E-state index contributed by atoms with van der Waals surface area (Å²) in [6.45, 7) is 5.31. The van der Waals surface area contributed by atoms with Crippen molar-refractivity contribution in [2.24, 2.45) is 5.73 Å². The summed E-state index contributed by atoms with van der Waals surface area (Å²) in [4.78, 5) is 13.9. The SMILES string of the molecule is CCOCCO[C@H]1CCN(C(=O)C(N)CCSC)C1. The molecular formula is C13H26N2O3S. The van der Waals surface area contributed by atoms with Crippen molar-refractivity contribution in [3.8, 4) is 0 Å². The summed E-state index contributed by atoms with van der Waals surface area (Å²) < 4.78 is 10.9. The minimum absolute atomic E-state index is 0.0601. The zero-order valence-electron chi connectivity index (χ0n) is 12.0. The van der Waals surface area contributed by atoms with Crippen molar-refractivity contribution >= 4 is 17.7 Å². The number of nitrogens with two attached hydrogens (primary N) is 1. The molecule has 0 aromatic heterocycles. The standard InChI is InChI=1S/C13H26N2O3S/c1-3-17-7-8-18-11-4-6-15(10-11)13(16)12(14)5-9-19-2/h11-12H,3-10,14H2,1-2H3/t11-,12?/m0/s1. The zero-order valence-corrected chi connectivity index (χ0v) is 12.8. The van der Waals surface area contributed by atoms with Crippen LogP contribution in [0.5, 0.6) is 0 Å². The van der Waals surface area contributed by atoms with Crippen LogP contribution in [-0.2, 0) is 14.3 Å². The van der Waals surface area contributed by atoms with Crippen LogP contribution in [-0.4, -0.2) is 67.9 Å². The molecule has 1 aliphatic heterocycles. The number of carbonyl (C=O) groups excluding carboxylic acids is 1. The Morgan fingerprint density at radius 1 is 1.53 bits per heavy atom.